The number of hydrogen-bond acceptors (Lipinski definition) is 3. The molecule has 0 amide bonds. The highest BCUT2D eigenvalue weighted by Gasteiger charge is 2.11. The largest absolute Gasteiger partial charge is 0.438 e. The van der Waals surface area contributed by atoms with E-state index in [0.717, 1.165) is 0 Å². The van der Waals surface area contributed by atoms with E-state index in [1.807, 2.05) is 0 Å². The van der Waals surface area contributed by atoms with Crippen molar-refractivity contribution < 1.29 is 14.2 Å². The average Bonchev–Trinajstić information content (AvgIpc) is 2.33. The number of aliphatic hydroxyl groups excluding tert-OH is 1. The summed E-state index contributed by atoms with van der Waals surface area (Å²) in [6, 6.07) is 7.73. The van der Waals surface area contributed by atoms with Crippen LogP contribution in [-0.2, 0) is 0 Å². The number of aryl methyl sites for hydroxylation is 1. The minimum atomic E-state index is -0.672. The lowest BCUT2D eigenvalue weighted by Gasteiger charge is -2.13. The van der Waals surface area contributed by atoms with Crippen LogP contribution in [0.25, 0.3) is 0 Å². The summed E-state index contributed by atoms with van der Waals surface area (Å²) in [5, 5.41) is 9.62. The molecule has 0 spiro atoms. The molecule has 1 N–H and O–H groups in total. The molecule has 0 fully saturated rings. The maximum absolute atomic E-state index is 13.0. The zero-order valence-electron chi connectivity index (χ0n) is 10.2. The van der Waals surface area contributed by atoms with Gasteiger partial charge in [0, 0.05) is 11.8 Å². The first-order valence-electron chi connectivity index (χ1n) is 5.65. The van der Waals surface area contributed by atoms with Crippen molar-refractivity contribution in [3.8, 4) is 11.6 Å². The summed E-state index contributed by atoms with van der Waals surface area (Å²) in [5.41, 5.74) is 1.28. The van der Waals surface area contributed by atoms with Gasteiger partial charge in [0.25, 0.3) is 0 Å². The normalized spacial score (nSPS) is 12.2. The Hall–Kier alpha value is -1.94. The van der Waals surface area contributed by atoms with Crippen LogP contribution in [0.3, 0.4) is 0 Å². The highest BCUT2D eigenvalue weighted by atomic mass is 19.1. The van der Waals surface area contributed by atoms with E-state index in [-0.39, 0.29) is 5.82 Å². The molecule has 2 aromatic rings. The molecule has 4 heteroatoms. The van der Waals surface area contributed by atoms with E-state index in [9.17, 15) is 9.50 Å². The molecule has 1 aromatic heterocycles. The van der Waals surface area contributed by atoms with Gasteiger partial charge in [-0.1, -0.05) is 0 Å². The number of aromatic nitrogens is 1. The summed E-state index contributed by atoms with van der Waals surface area (Å²) < 4.78 is 18.6. The van der Waals surface area contributed by atoms with E-state index in [2.05, 4.69) is 4.98 Å². The summed E-state index contributed by atoms with van der Waals surface area (Å²) in [7, 11) is 0. The van der Waals surface area contributed by atoms with Crippen LogP contribution >= 0.6 is 0 Å². The first kappa shape index (κ1) is 12.5. The second-order valence-electron chi connectivity index (χ2n) is 4.09. The van der Waals surface area contributed by atoms with Crippen molar-refractivity contribution in [1.29, 1.82) is 0 Å². The molecular weight excluding hydrogens is 233 g/mol. The zero-order valence-corrected chi connectivity index (χ0v) is 10.2. The SMILES string of the molecule is Cc1cc(F)ccc1Oc1ncccc1[C@H](C)O. The van der Waals surface area contributed by atoms with Crippen LogP contribution in [0.15, 0.2) is 36.5 Å². The Balaban J connectivity index is 2.34. The molecule has 0 aliphatic rings. The summed E-state index contributed by atoms with van der Waals surface area (Å²) in [4.78, 5) is 4.08. The van der Waals surface area contributed by atoms with Crippen molar-refractivity contribution >= 4 is 0 Å². The molecule has 0 saturated carbocycles. The fraction of sp³-hybridized carbons (Fsp3) is 0.214. The van der Waals surface area contributed by atoms with Gasteiger partial charge in [0.15, 0.2) is 0 Å². The van der Waals surface area contributed by atoms with Crippen LogP contribution < -0.4 is 4.74 Å². The Kier molecular flexibility index (Phi) is 3.58. The van der Waals surface area contributed by atoms with Crippen LogP contribution in [0.2, 0.25) is 0 Å². The fourth-order valence-corrected chi connectivity index (χ4v) is 1.64. The third-order valence-electron chi connectivity index (χ3n) is 2.59. The number of hydrogen-bond donors (Lipinski definition) is 1. The third-order valence-corrected chi connectivity index (χ3v) is 2.59. The van der Waals surface area contributed by atoms with E-state index >= 15 is 0 Å². The summed E-state index contributed by atoms with van der Waals surface area (Å²) >= 11 is 0. The molecule has 0 bridgehead atoms. The first-order valence-corrected chi connectivity index (χ1v) is 5.65. The van der Waals surface area contributed by atoms with Gasteiger partial charge in [0.2, 0.25) is 5.88 Å². The molecule has 0 aliphatic heterocycles. The smallest absolute Gasteiger partial charge is 0.225 e. The fourth-order valence-electron chi connectivity index (χ4n) is 1.64. The quantitative estimate of drug-likeness (QED) is 0.904. The standard InChI is InChI=1S/C14H14FNO2/c1-9-8-11(15)5-6-13(9)18-14-12(10(2)17)4-3-7-16-14/h3-8,10,17H,1-2H3/t10-/m0/s1. The lowest BCUT2D eigenvalue weighted by atomic mass is 10.2. The Morgan fingerprint density at radius 3 is 2.78 bits per heavy atom. The minimum absolute atomic E-state index is 0.309. The van der Waals surface area contributed by atoms with Crippen molar-refractivity contribution in [2.24, 2.45) is 0 Å². The van der Waals surface area contributed by atoms with Crippen molar-refractivity contribution in [2.75, 3.05) is 0 Å². The first-order chi connectivity index (χ1) is 8.58. The Morgan fingerprint density at radius 1 is 1.33 bits per heavy atom. The van der Waals surface area contributed by atoms with Crippen LogP contribution in [-0.4, -0.2) is 10.1 Å². The van der Waals surface area contributed by atoms with Gasteiger partial charge in [-0.15, -0.1) is 0 Å². The molecule has 2 rings (SSSR count). The van der Waals surface area contributed by atoms with E-state index in [0.29, 0.717) is 22.8 Å². The van der Waals surface area contributed by atoms with Crippen molar-refractivity contribution in [1.82, 2.24) is 4.98 Å². The van der Waals surface area contributed by atoms with Gasteiger partial charge < -0.3 is 9.84 Å². The number of rotatable bonds is 3. The average molecular weight is 247 g/mol. The van der Waals surface area contributed by atoms with E-state index in [4.69, 9.17) is 4.74 Å². The van der Waals surface area contributed by atoms with Crippen molar-refractivity contribution in [2.45, 2.75) is 20.0 Å². The predicted octanol–water partition coefficient (Wildman–Crippen LogP) is 3.37. The Bertz CT molecular complexity index is 555. The van der Waals surface area contributed by atoms with E-state index < -0.39 is 6.10 Å². The summed E-state index contributed by atoms with van der Waals surface area (Å²) in [6.07, 6.45) is 0.912. The topological polar surface area (TPSA) is 42.4 Å². The summed E-state index contributed by atoms with van der Waals surface area (Å²) in [5.74, 6) is 0.552. The molecule has 18 heavy (non-hydrogen) atoms. The van der Waals surface area contributed by atoms with Gasteiger partial charge in [0.1, 0.15) is 11.6 Å². The van der Waals surface area contributed by atoms with E-state index in [1.54, 1.807) is 38.2 Å². The molecule has 0 radical (unpaired) electrons. The maximum atomic E-state index is 13.0. The van der Waals surface area contributed by atoms with Gasteiger partial charge in [-0.05, 0) is 49.7 Å². The summed E-state index contributed by atoms with van der Waals surface area (Å²) in [6.45, 7) is 3.39. The van der Waals surface area contributed by atoms with Gasteiger partial charge in [0.05, 0.1) is 6.10 Å². The molecule has 1 aromatic carbocycles. The van der Waals surface area contributed by atoms with Crippen LogP contribution in [0, 0.1) is 12.7 Å². The number of pyridine rings is 1. The number of ether oxygens (including phenoxy) is 1. The van der Waals surface area contributed by atoms with Crippen molar-refractivity contribution in [3.63, 3.8) is 0 Å². The lowest BCUT2D eigenvalue weighted by molar-refractivity contribution is 0.194. The highest BCUT2D eigenvalue weighted by molar-refractivity contribution is 5.38. The molecule has 1 atom stereocenters. The Morgan fingerprint density at radius 2 is 2.11 bits per heavy atom. The predicted molar refractivity (Wildman–Crippen MR) is 66.1 cm³/mol. The van der Waals surface area contributed by atoms with Crippen LogP contribution in [0.1, 0.15) is 24.2 Å². The maximum Gasteiger partial charge on any atom is 0.225 e. The van der Waals surface area contributed by atoms with Crippen molar-refractivity contribution in [3.05, 3.63) is 53.5 Å². The molecule has 1 heterocycles. The molecule has 0 aliphatic carbocycles. The lowest BCUT2D eigenvalue weighted by Crippen LogP contribution is -1.99. The van der Waals surface area contributed by atoms with Gasteiger partial charge in [-0.25, -0.2) is 9.37 Å². The second kappa shape index (κ2) is 5.14. The third kappa shape index (κ3) is 2.65. The number of aliphatic hydroxyl groups is 1. The van der Waals surface area contributed by atoms with Crippen LogP contribution in [0.5, 0.6) is 11.6 Å². The van der Waals surface area contributed by atoms with E-state index in [1.165, 1.54) is 12.1 Å². The highest BCUT2D eigenvalue weighted by Crippen LogP contribution is 2.29. The number of nitrogens with zero attached hydrogens (tertiary/aromatic N) is 1. The monoisotopic (exact) mass is 247 g/mol. The zero-order chi connectivity index (χ0) is 13.1. The minimum Gasteiger partial charge on any atom is -0.438 e. The van der Waals surface area contributed by atoms with Gasteiger partial charge in [-0.3, -0.25) is 0 Å². The molecule has 0 saturated heterocycles. The van der Waals surface area contributed by atoms with Crippen LogP contribution in [0.4, 0.5) is 4.39 Å². The molecule has 0 unspecified atom stereocenters. The number of benzene rings is 1. The van der Waals surface area contributed by atoms with Gasteiger partial charge >= 0.3 is 0 Å². The Labute approximate surface area is 105 Å². The number of halogens is 1. The molecular formula is C14H14FNO2. The van der Waals surface area contributed by atoms with Gasteiger partial charge in [-0.2, -0.15) is 0 Å². The second-order valence-corrected chi connectivity index (χ2v) is 4.09. The molecule has 3 nitrogen and oxygen atoms in total. The molecule has 94 valence electrons.